The molecule has 22 heavy (non-hydrogen) atoms. The van der Waals surface area contributed by atoms with Crippen molar-refractivity contribution >= 4 is 29.0 Å². The van der Waals surface area contributed by atoms with Crippen LogP contribution in [0, 0.1) is 27.7 Å². The van der Waals surface area contributed by atoms with E-state index in [1.165, 1.54) is 32.0 Å². The molecule has 1 unspecified atom stereocenters. The van der Waals surface area contributed by atoms with Gasteiger partial charge in [-0.15, -0.1) is 23.1 Å². The highest BCUT2D eigenvalue weighted by molar-refractivity contribution is 8.00. The molecule has 1 heterocycles. The molecule has 4 heteroatoms. The minimum absolute atomic E-state index is 0.0783. The van der Waals surface area contributed by atoms with E-state index in [1.54, 1.807) is 23.1 Å². The number of hydrogen-bond acceptors (Lipinski definition) is 3. The van der Waals surface area contributed by atoms with Crippen LogP contribution in [0.5, 0.6) is 0 Å². The molecule has 0 aliphatic carbocycles. The number of hydrogen-bond donors (Lipinski definition) is 1. The predicted octanol–water partition coefficient (Wildman–Crippen LogP) is 4.95. The highest BCUT2D eigenvalue weighted by Gasteiger charge is 2.13. The number of thioether (sulfide) groups is 1. The number of aryl methyl sites for hydroxylation is 2. The molecule has 0 saturated heterocycles. The number of benzene rings is 1. The van der Waals surface area contributed by atoms with E-state index in [-0.39, 0.29) is 11.9 Å². The molecule has 0 aliphatic heterocycles. The number of carbonyl (C=O) groups excluding carboxylic acids is 1. The molecular formula is C18H23NOS2. The van der Waals surface area contributed by atoms with E-state index in [1.807, 2.05) is 18.4 Å². The summed E-state index contributed by atoms with van der Waals surface area (Å²) in [5, 5.41) is 5.11. The monoisotopic (exact) mass is 333 g/mol. The summed E-state index contributed by atoms with van der Waals surface area (Å²) in [6.45, 7) is 10.6. The lowest BCUT2D eigenvalue weighted by atomic mass is 10.0. The van der Waals surface area contributed by atoms with Gasteiger partial charge in [0, 0.05) is 9.77 Å². The average molecular weight is 334 g/mol. The highest BCUT2D eigenvalue weighted by atomic mass is 32.2. The zero-order chi connectivity index (χ0) is 16.3. The Hall–Kier alpha value is -1.26. The van der Waals surface area contributed by atoms with Gasteiger partial charge in [-0.2, -0.15) is 0 Å². The lowest BCUT2D eigenvalue weighted by molar-refractivity contribution is -0.119. The van der Waals surface area contributed by atoms with Gasteiger partial charge in [0.2, 0.25) is 5.91 Å². The van der Waals surface area contributed by atoms with Gasteiger partial charge in [0.15, 0.2) is 0 Å². The van der Waals surface area contributed by atoms with Crippen molar-refractivity contribution in [3.05, 3.63) is 50.7 Å². The van der Waals surface area contributed by atoms with Crippen LogP contribution in [0.3, 0.4) is 0 Å². The average Bonchev–Trinajstić information content (AvgIpc) is 2.99. The Morgan fingerprint density at radius 2 is 1.86 bits per heavy atom. The molecule has 1 N–H and O–H groups in total. The van der Waals surface area contributed by atoms with Gasteiger partial charge in [-0.1, -0.05) is 12.1 Å². The topological polar surface area (TPSA) is 29.1 Å². The summed E-state index contributed by atoms with van der Waals surface area (Å²) in [5.41, 5.74) is 5.15. The van der Waals surface area contributed by atoms with E-state index in [2.05, 4.69) is 45.1 Å². The van der Waals surface area contributed by atoms with Crippen molar-refractivity contribution in [2.45, 2.75) is 45.6 Å². The van der Waals surface area contributed by atoms with Crippen LogP contribution in [-0.4, -0.2) is 11.7 Å². The van der Waals surface area contributed by atoms with Crippen molar-refractivity contribution in [3.63, 3.8) is 0 Å². The largest absolute Gasteiger partial charge is 0.348 e. The summed E-state index contributed by atoms with van der Waals surface area (Å²) in [7, 11) is 0. The molecule has 1 amide bonds. The van der Waals surface area contributed by atoms with Gasteiger partial charge in [-0.05, 0) is 68.3 Å². The van der Waals surface area contributed by atoms with Crippen LogP contribution in [0.2, 0.25) is 0 Å². The number of nitrogens with one attached hydrogen (secondary N) is 1. The minimum atomic E-state index is 0.0783. The van der Waals surface area contributed by atoms with Crippen LogP contribution in [0.4, 0.5) is 0 Å². The maximum Gasteiger partial charge on any atom is 0.230 e. The molecule has 0 spiro atoms. The summed E-state index contributed by atoms with van der Waals surface area (Å²) in [6, 6.07) is 6.36. The Labute approximate surface area is 141 Å². The Morgan fingerprint density at radius 1 is 1.23 bits per heavy atom. The van der Waals surface area contributed by atoms with Crippen LogP contribution >= 0.6 is 23.1 Å². The third-order valence-electron chi connectivity index (χ3n) is 3.99. The summed E-state index contributed by atoms with van der Waals surface area (Å²) >= 11 is 3.32. The predicted molar refractivity (Wildman–Crippen MR) is 97.0 cm³/mol. The molecule has 0 fully saturated rings. The molecule has 0 saturated carbocycles. The second-order valence-corrected chi connectivity index (χ2v) is 7.65. The van der Waals surface area contributed by atoms with E-state index in [0.29, 0.717) is 5.75 Å². The van der Waals surface area contributed by atoms with Gasteiger partial charge in [0.05, 0.1) is 11.8 Å². The van der Waals surface area contributed by atoms with Crippen molar-refractivity contribution in [2.75, 3.05) is 5.75 Å². The first-order valence-electron chi connectivity index (χ1n) is 7.43. The van der Waals surface area contributed by atoms with Gasteiger partial charge in [0.1, 0.15) is 0 Å². The molecule has 118 valence electrons. The molecule has 0 aliphatic rings. The van der Waals surface area contributed by atoms with E-state index >= 15 is 0 Å². The van der Waals surface area contributed by atoms with E-state index in [0.717, 1.165) is 0 Å². The van der Waals surface area contributed by atoms with Gasteiger partial charge in [-0.25, -0.2) is 0 Å². The number of rotatable bonds is 5. The van der Waals surface area contributed by atoms with E-state index in [4.69, 9.17) is 0 Å². The fourth-order valence-corrected chi connectivity index (χ4v) is 4.28. The zero-order valence-corrected chi connectivity index (χ0v) is 15.5. The summed E-state index contributed by atoms with van der Waals surface area (Å²) in [4.78, 5) is 14.6. The van der Waals surface area contributed by atoms with Crippen molar-refractivity contribution in [1.29, 1.82) is 0 Å². The first-order chi connectivity index (χ1) is 10.4. The first-order valence-corrected chi connectivity index (χ1v) is 9.29. The van der Waals surface area contributed by atoms with Gasteiger partial charge < -0.3 is 5.32 Å². The van der Waals surface area contributed by atoms with Crippen LogP contribution in [0.25, 0.3) is 0 Å². The molecule has 0 bridgehead atoms. The first kappa shape index (κ1) is 17.1. The Bertz CT molecular complexity index is 636. The maximum absolute atomic E-state index is 12.2. The molecule has 1 aromatic heterocycles. The van der Waals surface area contributed by atoms with Gasteiger partial charge in [-0.3, -0.25) is 4.79 Å². The number of amides is 1. The normalized spacial score (nSPS) is 12.2. The Kier molecular flexibility index (Phi) is 5.70. The number of carbonyl (C=O) groups is 1. The molecule has 2 nitrogen and oxygen atoms in total. The number of thiophene rings is 1. The SMILES string of the molecule is Cc1cc(C)c(C)c(SCC(=O)NC(C)c2cccs2)c1C. The van der Waals surface area contributed by atoms with Gasteiger partial charge >= 0.3 is 0 Å². The molecule has 1 atom stereocenters. The minimum Gasteiger partial charge on any atom is -0.348 e. The molecule has 2 rings (SSSR count). The van der Waals surface area contributed by atoms with Gasteiger partial charge in [0.25, 0.3) is 0 Å². The van der Waals surface area contributed by atoms with Crippen molar-refractivity contribution in [1.82, 2.24) is 5.32 Å². The third kappa shape index (κ3) is 3.93. The summed E-state index contributed by atoms with van der Waals surface area (Å²) in [6.07, 6.45) is 0. The smallest absolute Gasteiger partial charge is 0.230 e. The lowest BCUT2D eigenvalue weighted by Crippen LogP contribution is -2.27. The fraction of sp³-hybridized carbons (Fsp3) is 0.389. The zero-order valence-electron chi connectivity index (χ0n) is 13.8. The van der Waals surface area contributed by atoms with Crippen LogP contribution in [0.1, 0.15) is 40.1 Å². The molecular weight excluding hydrogens is 310 g/mol. The quantitative estimate of drug-likeness (QED) is 0.784. The fourth-order valence-electron chi connectivity index (χ4n) is 2.43. The second kappa shape index (κ2) is 7.34. The molecule has 2 aromatic rings. The molecule has 1 aromatic carbocycles. The lowest BCUT2D eigenvalue weighted by Gasteiger charge is -2.16. The molecule has 0 radical (unpaired) electrons. The Morgan fingerprint density at radius 3 is 2.41 bits per heavy atom. The second-order valence-electron chi connectivity index (χ2n) is 5.68. The third-order valence-corrected chi connectivity index (χ3v) is 6.35. The van der Waals surface area contributed by atoms with Crippen molar-refractivity contribution < 1.29 is 4.79 Å². The van der Waals surface area contributed by atoms with Crippen LogP contribution < -0.4 is 5.32 Å². The Balaban J connectivity index is 2.00. The maximum atomic E-state index is 12.2. The van der Waals surface area contributed by atoms with E-state index < -0.39 is 0 Å². The van der Waals surface area contributed by atoms with Crippen LogP contribution in [0.15, 0.2) is 28.5 Å². The standard InChI is InChI=1S/C18H23NOS2/c1-11-9-12(2)14(4)18(13(11)3)22-10-17(20)19-15(5)16-7-6-8-21-16/h6-9,15H,10H2,1-5H3,(H,19,20). The highest BCUT2D eigenvalue weighted by Crippen LogP contribution is 2.30. The van der Waals surface area contributed by atoms with Crippen molar-refractivity contribution in [2.24, 2.45) is 0 Å². The summed E-state index contributed by atoms with van der Waals surface area (Å²) in [5.74, 6) is 0.546. The van der Waals surface area contributed by atoms with Crippen LogP contribution in [-0.2, 0) is 4.79 Å². The van der Waals surface area contributed by atoms with E-state index in [9.17, 15) is 4.79 Å². The van der Waals surface area contributed by atoms with Crippen molar-refractivity contribution in [3.8, 4) is 0 Å². The summed E-state index contributed by atoms with van der Waals surface area (Å²) < 4.78 is 0.